The van der Waals surface area contributed by atoms with Gasteiger partial charge in [0.25, 0.3) is 0 Å². The molecule has 0 radical (unpaired) electrons. The molecule has 0 saturated heterocycles. The molecular formula is C5H12NO+. The third-order valence-electron chi connectivity index (χ3n) is 1.65. The van der Waals surface area contributed by atoms with E-state index >= 15 is 0 Å². The summed E-state index contributed by atoms with van der Waals surface area (Å²) in [6.45, 7) is 0. The first-order valence-corrected chi connectivity index (χ1v) is 2.70. The number of hydrogen-bond donors (Lipinski definition) is 1. The molecule has 0 amide bonds. The summed E-state index contributed by atoms with van der Waals surface area (Å²) in [6.07, 6.45) is 2.93. The molecule has 2 nitrogen and oxygen atoms in total. The largest absolute Gasteiger partial charge is 0.375 e. The van der Waals surface area contributed by atoms with Crippen LogP contribution in [0.4, 0.5) is 0 Å². The fourth-order valence-electron chi connectivity index (χ4n) is 0.849. The number of quaternary nitrogens is 1. The molecule has 42 valence electrons. The van der Waals surface area contributed by atoms with Crippen LogP contribution in [0.25, 0.3) is 0 Å². The maximum atomic E-state index is 5.04. The fourth-order valence-corrected chi connectivity index (χ4v) is 0.849. The van der Waals surface area contributed by atoms with Gasteiger partial charge in [-0.3, -0.25) is 0 Å². The molecule has 0 unspecified atom stereocenters. The van der Waals surface area contributed by atoms with Gasteiger partial charge in [0.05, 0.1) is 0 Å². The quantitative estimate of drug-likeness (QED) is 0.472. The van der Waals surface area contributed by atoms with Crippen LogP contribution in [-0.4, -0.2) is 19.3 Å². The van der Waals surface area contributed by atoms with Crippen LogP contribution in [0.3, 0.4) is 0 Å². The Morgan fingerprint density at radius 3 is 2.29 bits per heavy atom. The third kappa shape index (κ3) is 0.763. The molecule has 1 fully saturated rings. The summed E-state index contributed by atoms with van der Waals surface area (Å²) >= 11 is 0. The van der Waals surface area contributed by atoms with Gasteiger partial charge in [-0.25, -0.2) is 0 Å². The van der Waals surface area contributed by atoms with Crippen molar-refractivity contribution in [1.29, 1.82) is 0 Å². The first kappa shape index (κ1) is 5.06. The molecule has 1 aliphatic carbocycles. The lowest BCUT2D eigenvalue weighted by Gasteiger charge is -2.28. The number of methoxy groups -OCH3 is 1. The van der Waals surface area contributed by atoms with Crippen LogP contribution in [-0.2, 0) is 4.74 Å². The summed E-state index contributed by atoms with van der Waals surface area (Å²) in [5, 5.41) is 0. The Labute approximate surface area is 43.6 Å². The maximum absolute atomic E-state index is 5.04. The van der Waals surface area contributed by atoms with E-state index in [1.54, 1.807) is 7.11 Å². The highest BCUT2D eigenvalue weighted by atomic mass is 16.5. The van der Waals surface area contributed by atoms with Crippen molar-refractivity contribution in [3.8, 4) is 0 Å². The number of ether oxygens (including phenoxy) is 1. The summed E-state index contributed by atoms with van der Waals surface area (Å²) < 4.78 is 5.04. The van der Waals surface area contributed by atoms with E-state index in [0.717, 1.165) is 0 Å². The summed E-state index contributed by atoms with van der Waals surface area (Å²) in [7, 11) is 1.75. The minimum absolute atomic E-state index is 0.472. The molecule has 1 aliphatic rings. The summed E-state index contributed by atoms with van der Waals surface area (Å²) in [5.74, 6) is 0. The lowest BCUT2D eigenvalue weighted by atomic mass is 9.90. The smallest absolute Gasteiger partial charge is 0.111 e. The normalized spacial score (nSPS) is 40.3. The Kier molecular flexibility index (Phi) is 1.30. The second-order valence-corrected chi connectivity index (χ2v) is 2.11. The summed E-state index contributed by atoms with van der Waals surface area (Å²) in [6, 6.07) is 0.574. The van der Waals surface area contributed by atoms with Crippen LogP contribution in [0.15, 0.2) is 0 Å². The van der Waals surface area contributed by atoms with E-state index in [-0.39, 0.29) is 0 Å². The Balaban J connectivity index is 2.16. The van der Waals surface area contributed by atoms with Gasteiger partial charge < -0.3 is 10.5 Å². The predicted molar refractivity (Wildman–Crippen MR) is 26.7 cm³/mol. The highest BCUT2D eigenvalue weighted by Crippen LogP contribution is 2.17. The van der Waals surface area contributed by atoms with E-state index in [2.05, 4.69) is 5.73 Å². The third-order valence-corrected chi connectivity index (χ3v) is 1.65. The van der Waals surface area contributed by atoms with Crippen LogP contribution in [0.1, 0.15) is 12.8 Å². The topological polar surface area (TPSA) is 36.9 Å². The molecule has 0 spiro atoms. The van der Waals surface area contributed by atoms with Crippen LogP contribution >= 0.6 is 0 Å². The van der Waals surface area contributed by atoms with Crippen molar-refractivity contribution in [2.24, 2.45) is 0 Å². The molecule has 2 atom stereocenters. The van der Waals surface area contributed by atoms with Crippen LogP contribution < -0.4 is 5.73 Å². The molecule has 2 heteroatoms. The van der Waals surface area contributed by atoms with E-state index in [1.165, 1.54) is 12.8 Å². The van der Waals surface area contributed by atoms with Gasteiger partial charge in [0.1, 0.15) is 12.1 Å². The van der Waals surface area contributed by atoms with Gasteiger partial charge >= 0.3 is 0 Å². The van der Waals surface area contributed by atoms with Gasteiger partial charge in [-0.1, -0.05) is 0 Å². The zero-order valence-corrected chi connectivity index (χ0v) is 4.68. The Bertz CT molecular complexity index is 63.1. The molecule has 1 rings (SSSR count). The van der Waals surface area contributed by atoms with E-state index in [1.807, 2.05) is 0 Å². The molecule has 0 aliphatic heterocycles. The molecule has 0 bridgehead atoms. The van der Waals surface area contributed by atoms with Crippen LogP contribution in [0.5, 0.6) is 0 Å². The zero-order chi connectivity index (χ0) is 5.28. The van der Waals surface area contributed by atoms with Gasteiger partial charge in [-0.2, -0.15) is 0 Å². The van der Waals surface area contributed by atoms with Crippen molar-refractivity contribution >= 4 is 0 Å². The Hall–Kier alpha value is -0.0800. The minimum Gasteiger partial charge on any atom is -0.375 e. The minimum atomic E-state index is 0.472. The van der Waals surface area contributed by atoms with E-state index in [9.17, 15) is 0 Å². The standard InChI is InChI=1S/C5H11NO/c1-7-5-3-2-4(5)6/h4-5H,2-3,6H2,1H3/p+1/t4-,5-/m0/s1. The van der Waals surface area contributed by atoms with Crippen LogP contribution in [0.2, 0.25) is 0 Å². The van der Waals surface area contributed by atoms with Gasteiger partial charge in [-0.05, 0) is 6.42 Å². The highest BCUT2D eigenvalue weighted by Gasteiger charge is 2.30. The fraction of sp³-hybridized carbons (Fsp3) is 1.00. The second kappa shape index (κ2) is 1.80. The van der Waals surface area contributed by atoms with Crippen molar-refractivity contribution in [2.45, 2.75) is 25.0 Å². The maximum Gasteiger partial charge on any atom is 0.111 e. The monoisotopic (exact) mass is 102 g/mol. The van der Waals surface area contributed by atoms with E-state index in [4.69, 9.17) is 4.74 Å². The van der Waals surface area contributed by atoms with Crippen molar-refractivity contribution in [2.75, 3.05) is 7.11 Å². The Morgan fingerprint density at radius 1 is 1.57 bits per heavy atom. The van der Waals surface area contributed by atoms with Gasteiger partial charge in [0, 0.05) is 13.5 Å². The van der Waals surface area contributed by atoms with Gasteiger partial charge in [0.15, 0.2) is 0 Å². The number of hydrogen-bond acceptors (Lipinski definition) is 1. The van der Waals surface area contributed by atoms with E-state index < -0.39 is 0 Å². The van der Waals surface area contributed by atoms with Gasteiger partial charge in [0.2, 0.25) is 0 Å². The predicted octanol–water partition coefficient (Wildman–Crippen LogP) is -0.594. The average molecular weight is 102 g/mol. The zero-order valence-electron chi connectivity index (χ0n) is 4.68. The molecule has 7 heavy (non-hydrogen) atoms. The van der Waals surface area contributed by atoms with Crippen molar-refractivity contribution in [1.82, 2.24) is 0 Å². The molecule has 0 aromatic rings. The molecule has 0 aromatic heterocycles. The SMILES string of the molecule is CO[C@H]1CC[C@@H]1[NH3+]. The lowest BCUT2D eigenvalue weighted by Crippen LogP contribution is -2.71. The molecule has 0 heterocycles. The van der Waals surface area contributed by atoms with Crippen molar-refractivity contribution in [3.63, 3.8) is 0 Å². The van der Waals surface area contributed by atoms with Crippen LogP contribution in [0, 0.1) is 0 Å². The second-order valence-electron chi connectivity index (χ2n) is 2.11. The molecule has 3 N–H and O–H groups in total. The summed E-state index contributed by atoms with van der Waals surface area (Å²) in [4.78, 5) is 0. The Morgan fingerprint density at radius 2 is 2.29 bits per heavy atom. The van der Waals surface area contributed by atoms with Gasteiger partial charge in [-0.15, -0.1) is 0 Å². The van der Waals surface area contributed by atoms with Crippen molar-refractivity contribution < 1.29 is 10.5 Å². The average Bonchev–Trinajstić information content (AvgIpc) is 1.65. The van der Waals surface area contributed by atoms with E-state index in [0.29, 0.717) is 12.1 Å². The lowest BCUT2D eigenvalue weighted by molar-refractivity contribution is -0.460. The molecule has 1 saturated carbocycles. The molecular weight excluding hydrogens is 90.1 g/mol. The highest BCUT2D eigenvalue weighted by molar-refractivity contribution is 4.78. The summed E-state index contributed by atoms with van der Waals surface area (Å²) in [5.41, 5.74) is 3.87. The molecule has 0 aromatic carbocycles. The van der Waals surface area contributed by atoms with Crippen molar-refractivity contribution in [3.05, 3.63) is 0 Å². The first-order chi connectivity index (χ1) is 3.34. The number of rotatable bonds is 1. The first-order valence-electron chi connectivity index (χ1n) is 2.70.